The lowest BCUT2D eigenvalue weighted by atomic mass is 10.0. The predicted molar refractivity (Wildman–Crippen MR) is 78.7 cm³/mol. The van der Waals surface area contributed by atoms with Crippen LogP contribution >= 0.6 is 0 Å². The van der Waals surface area contributed by atoms with Crippen LogP contribution in [0.4, 0.5) is 0 Å². The van der Waals surface area contributed by atoms with Gasteiger partial charge in [-0.25, -0.2) is 0 Å². The van der Waals surface area contributed by atoms with E-state index < -0.39 is 0 Å². The molecule has 0 fully saturated rings. The van der Waals surface area contributed by atoms with E-state index >= 15 is 0 Å². The molecule has 1 amide bonds. The molecule has 0 saturated carbocycles. The summed E-state index contributed by atoms with van der Waals surface area (Å²) in [5.41, 5.74) is 2.81. The molecule has 1 N–H and O–H groups in total. The highest BCUT2D eigenvalue weighted by Gasteiger charge is 2.09. The van der Waals surface area contributed by atoms with Crippen molar-refractivity contribution >= 4 is 12.1 Å². The molecule has 0 unspecified atom stereocenters. The Balaban J connectivity index is 0.00000137. The Morgan fingerprint density at radius 1 is 1.50 bits per heavy atom. The van der Waals surface area contributed by atoms with Crippen LogP contribution in [0.3, 0.4) is 0 Å². The normalized spacial score (nSPS) is 16.3. The van der Waals surface area contributed by atoms with E-state index in [1.54, 1.807) is 12.3 Å². The van der Waals surface area contributed by atoms with Crippen LogP contribution in [-0.2, 0) is 4.79 Å². The molecule has 0 saturated heterocycles. The van der Waals surface area contributed by atoms with E-state index in [0.717, 1.165) is 36.2 Å². The predicted octanol–water partition coefficient (Wildman–Crippen LogP) is 3.40. The van der Waals surface area contributed by atoms with Gasteiger partial charge >= 0.3 is 0 Å². The fourth-order valence-electron chi connectivity index (χ4n) is 1.52. The van der Waals surface area contributed by atoms with Gasteiger partial charge in [-0.3, -0.25) is 9.79 Å². The molecule has 0 bridgehead atoms. The van der Waals surface area contributed by atoms with Crippen LogP contribution in [-0.4, -0.2) is 18.7 Å². The zero-order valence-corrected chi connectivity index (χ0v) is 11.9. The Kier molecular flexibility index (Phi) is 8.54. The molecule has 0 spiro atoms. The van der Waals surface area contributed by atoms with Crippen molar-refractivity contribution in [2.75, 3.05) is 6.54 Å². The van der Waals surface area contributed by atoms with Gasteiger partial charge in [0.2, 0.25) is 5.91 Å². The second-order valence-corrected chi connectivity index (χ2v) is 3.80. The highest BCUT2D eigenvalue weighted by atomic mass is 16.1. The topological polar surface area (TPSA) is 41.5 Å². The van der Waals surface area contributed by atoms with E-state index in [1.165, 1.54) is 0 Å². The third-order valence-corrected chi connectivity index (χ3v) is 2.33. The highest BCUT2D eigenvalue weighted by molar-refractivity contribution is 5.93. The van der Waals surface area contributed by atoms with Crippen molar-refractivity contribution in [2.45, 2.75) is 40.5 Å². The first-order valence-corrected chi connectivity index (χ1v) is 6.48. The second-order valence-electron chi connectivity index (χ2n) is 3.80. The monoisotopic (exact) mass is 248 g/mol. The Bertz CT molecular complexity index is 376. The summed E-state index contributed by atoms with van der Waals surface area (Å²) in [5.74, 6) is -0.0180. The zero-order chi connectivity index (χ0) is 14.0. The van der Waals surface area contributed by atoms with Crippen LogP contribution in [0.2, 0.25) is 0 Å². The van der Waals surface area contributed by atoms with Crippen molar-refractivity contribution < 1.29 is 4.79 Å². The van der Waals surface area contributed by atoms with Gasteiger partial charge in [0, 0.05) is 24.5 Å². The molecule has 0 aromatic carbocycles. The Morgan fingerprint density at radius 3 is 2.72 bits per heavy atom. The lowest BCUT2D eigenvalue weighted by Gasteiger charge is -2.04. The number of nitrogens with zero attached hydrogens (tertiary/aromatic N) is 1. The van der Waals surface area contributed by atoms with Crippen molar-refractivity contribution in [2.24, 2.45) is 4.99 Å². The van der Waals surface area contributed by atoms with Crippen LogP contribution in [0.25, 0.3) is 0 Å². The lowest BCUT2D eigenvalue weighted by Crippen LogP contribution is -2.20. The van der Waals surface area contributed by atoms with Gasteiger partial charge in [-0.15, -0.1) is 0 Å². The molecule has 1 aliphatic heterocycles. The number of rotatable bonds is 3. The molecular weight excluding hydrogens is 224 g/mol. The van der Waals surface area contributed by atoms with E-state index in [-0.39, 0.29) is 5.91 Å². The summed E-state index contributed by atoms with van der Waals surface area (Å²) in [6, 6.07) is 0. The van der Waals surface area contributed by atoms with Crippen molar-refractivity contribution in [3.63, 3.8) is 0 Å². The van der Waals surface area contributed by atoms with Crippen molar-refractivity contribution in [3.8, 4) is 0 Å². The summed E-state index contributed by atoms with van der Waals surface area (Å²) in [6.45, 7) is 12.3. The minimum Gasteiger partial charge on any atom is -0.353 e. The first-order chi connectivity index (χ1) is 8.63. The molecular formula is C15H24N2O. The SMILES string of the molecule is C=C(C)N=C/C(=C\C)C1=CC(=O)NCCC1.CC. The molecule has 0 aliphatic carbocycles. The number of amides is 1. The molecule has 18 heavy (non-hydrogen) atoms. The molecule has 3 heteroatoms. The van der Waals surface area contributed by atoms with Crippen molar-refractivity contribution in [1.82, 2.24) is 5.32 Å². The van der Waals surface area contributed by atoms with Crippen LogP contribution in [0, 0.1) is 0 Å². The summed E-state index contributed by atoms with van der Waals surface area (Å²) in [5, 5.41) is 2.81. The summed E-state index contributed by atoms with van der Waals surface area (Å²) in [6.07, 6.45) is 7.27. The van der Waals surface area contributed by atoms with E-state index in [1.807, 2.05) is 33.8 Å². The van der Waals surface area contributed by atoms with Crippen LogP contribution in [0.5, 0.6) is 0 Å². The maximum absolute atomic E-state index is 11.4. The second kappa shape index (κ2) is 9.40. The molecule has 1 heterocycles. The number of allylic oxidation sites excluding steroid dienone is 4. The summed E-state index contributed by atoms with van der Waals surface area (Å²) < 4.78 is 0. The third-order valence-electron chi connectivity index (χ3n) is 2.33. The molecule has 0 radical (unpaired) electrons. The maximum atomic E-state index is 11.4. The lowest BCUT2D eigenvalue weighted by molar-refractivity contribution is -0.116. The maximum Gasteiger partial charge on any atom is 0.244 e. The van der Waals surface area contributed by atoms with Gasteiger partial charge in [0.15, 0.2) is 0 Å². The van der Waals surface area contributed by atoms with Crippen molar-refractivity contribution in [3.05, 3.63) is 35.6 Å². The molecule has 100 valence electrons. The van der Waals surface area contributed by atoms with Gasteiger partial charge in [0.05, 0.1) is 0 Å². The number of carbonyl (C=O) groups excluding carboxylic acids is 1. The van der Waals surface area contributed by atoms with Gasteiger partial charge in [-0.1, -0.05) is 26.5 Å². The molecule has 0 aromatic heterocycles. The Hall–Kier alpha value is -1.64. The smallest absolute Gasteiger partial charge is 0.244 e. The average Bonchev–Trinajstić information content (AvgIpc) is 2.57. The number of hydrogen-bond acceptors (Lipinski definition) is 2. The largest absolute Gasteiger partial charge is 0.353 e. The standard InChI is InChI=1S/C13H18N2O.C2H6/c1-4-11(9-15-10(2)3)12-6-5-7-14-13(16)8-12;1-2/h4,8-9H,2,5-7H2,1,3H3,(H,14,16);1-2H3/b11-4+,15-9?;. The van der Waals surface area contributed by atoms with E-state index in [0.29, 0.717) is 0 Å². The summed E-state index contributed by atoms with van der Waals surface area (Å²) in [4.78, 5) is 15.5. The fraction of sp³-hybridized carbons (Fsp3) is 0.467. The van der Waals surface area contributed by atoms with Gasteiger partial charge in [0.25, 0.3) is 0 Å². The number of nitrogens with one attached hydrogen (secondary N) is 1. The van der Waals surface area contributed by atoms with Crippen molar-refractivity contribution in [1.29, 1.82) is 0 Å². The number of carbonyl (C=O) groups is 1. The molecule has 3 nitrogen and oxygen atoms in total. The van der Waals surface area contributed by atoms with Gasteiger partial charge in [-0.05, 0) is 37.8 Å². The van der Waals surface area contributed by atoms with E-state index in [2.05, 4.69) is 16.9 Å². The van der Waals surface area contributed by atoms with Crippen LogP contribution < -0.4 is 5.32 Å². The minimum atomic E-state index is -0.0180. The summed E-state index contributed by atoms with van der Waals surface area (Å²) >= 11 is 0. The molecule has 0 aromatic rings. The quantitative estimate of drug-likeness (QED) is 0.764. The Morgan fingerprint density at radius 2 is 2.17 bits per heavy atom. The van der Waals surface area contributed by atoms with Gasteiger partial charge < -0.3 is 5.32 Å². The molecule has 1 rings (SSSR count). The Labute approximate surface area is 110 Å². The number of hydrogen-bond donors (Lipinski definition) is 1. The third kappa shape index (κ3) is 6.18. The molecule has 0 atom stereocenters. The van der Waals surface area contributed by atoms with E-state index in [9.17, 15) is 4.79 Å². The zero-order valence-electron chi connectivity index (χ0n) is 11.9. The number of aliphatic imine (C=N–C) groups is 1. The fourth-order valence-corrected chi connectivity index (χ4v) is 1.52. The van der Waals surface area contributed by atoms with Gasteiger partial charge in [0.1, 0.15) is 0 Å². The van der Waals surface area contributed by atoms with E-state index in [4.69, 9.17) is 0 Å². The first kappa shape index (κ1) is 16.4. The molecule has 1 aliphatic rings. The van der Waals surface area contributed by atoms with Crippen LogP contribution in [0.15, 0.2) is 40.6 Å². The van der Waals surface area contributed by atoms with Gasteiger partial charge in [-0.2, -0.15) is 0 Å². The first-order valence-electron chi connectivity index (χ1n) is 6.48. The highest BCUT2D eigenvalue weighted by Crippen LogP contribution is 2.16. The summed E-state index contributed by atoms with van der Waals surface area (Å²) in [7, 11) is 0. The minimum absolute atomic E-state index is 0.0180. The van der Waals surface area contributed by atoms with Crippen LogP contribution in [0.1, 0.15) is 40.5 Å². The average molecular weight is 248 g/mol.